The van der Waals surface area contributed by atoms with Gasteiger partial charge < -0.3 is 9.47 Å². The van der Waals surface area contributed by atoms with Gasteiger partial charge in [0.1, 0.15) is 0 Å². The summed E-state index contributed by atoms with van der Waals surface area (Å²) in [6.07, 6.45) is 0. The smallest absolute Gasteiger partial charge is 0.0541 e. The molecule has 280 valence electrons. The van der Waals surface area contributed by atoms with Crippen molar-refractivity contribution in [1.29, 1.82) is 0 Å². The third kappa shape index (κ3) is 5.87. The van der Waals surface area contributed by atoms with E-state index in [4.69, 9.17) is 0 Å². The number of hydrogen-bond acceptors (Lipinski definition) is 1. The molecule has 0 saturated heterocycles. The van der Waals surface area contributed by atoms with Crippen LogP contribution in [0.2, 0.25) is 0 Å². The zero-order chi connectivity index (χ0) is 39.5. The van der Waals surface area contributed by atoms with Gasteiger partial charge in [0.2, 0.25) is 0 Å². The summed E-state index contributed by atoms with van der Waals surface area (Å²) >= 11 is 0. The predicted molar refractivity (Wildman–Crippen MR) is 249 cm³/mol. The van der Waals surface area contributed by atoms with Crippen LogP contribution in [0.25, 0.3) is 72.0 Å². The van der Waals surface area contributed by atoms with Gasteiger partial charge in [0.25, 0.3) is 0 Å². The molecule has 1 aromatic heterocycles. The van der Waals surface area contributed by atoms with Crippen molar-refractivity contribution in [1.82, 2.24) is 4.57 Å². The molecule has 0 N–H and O–H groups in total. The lowest BCUT2D eigenvalue weighted by Crippen LogP contribution is -2.15. The van der Waals surface area contributed by atoms with Crippen LogP contribution in [0.5, 0.6) is 0 Å². The van der Waals surface area contributed by atoms with E-state index in [0.29, 0.717) is 0 Å². The fourth-order valence-electron chi connectivity index (χ4n) is 9.37. The topological polar surface area (TPSA) is 8.17 Å². The molecule has 0 unspecified atom stereocenters. The Morgan fingerprint density at radius 2 is 0.763 bits per heavy atom. The lowest BCUT2D eigenvalue weighted by Gasteiger charge is -2.26. The van der Waals surface area contributed by atoms with Crippen LogP contribution in [0.3, 0.4) is 0 Å². The van der Waals surface area contributed by atoms with Crippen LogP contribution in [0.4, 0.5) is 17.1 Å². The highest BCUT2D eigenvalue weighted by Crippen LogP contribution is 2.51. The number of rotatable bonds is 7. The number of fused-ring (bicyclic) bond motifs is 6. The Kier molecular flexibility index (Phi) is 8.20. The van der Waals surface area contributed by atoms with Gasteiger partial charge in [-0.25, -0.2) is 0 Å². The molecule has 10 aromatic rings. The van der Waals surface area contributed by atoms with Crippen LogP contribution in [-0.4, -0.2) is 4.57 Å². The molecule has 11 rings (SSSR count). The Bertz CT molecular complexity index is 3140. The Morgan fingerprint density at radius 1 is 0.339 bits per heavy atom. The van der Waals surface area contributed by atoms with E-state index in [1.165, 1.54) is 83.1 Å². The highest BCUT2D eigenvalue weighted by atomic mass is 15.1. The van der Waals surface area contributed by atoms with Crippen LogP contribution >= 0.6 is 0 Å². The number of hydrogen-bond donors (Lipinski definition) is 0. The molecular formula is C57H42N2. The largest absolute Gasteiger partial charge is 0.311 e. The molecule has 0 atom stereocenters. The summed E-state index contributed by atoms with van der Waals surface area (Å²) in [5.41, 5.74) is 19.6. The van der Waals surface area contributed by atoms with E-state index in [-0.39, 0.29) is 5.41 Å². The monoisotopic (exact) mass is 754 g/mol. The summed E-state index contributed by atoms with van der Waals surface area (Å²) in [6, 6.07) is 79.6. The van der Waals surface area contributed by atoms with Gasteiger partial charge in [0.05, 0.1) is 11.0 Å². The van der Waals surface area contributed by atoms with Crippen molar-refractivity contribution in [2.75, 3.05) is 4.90 Å². The normalized spacial score (nSPS) is 12.7. The molecule has 0 fully saturated rings. The average Bonchev–Trinajstić information content (AvgIpc) is 3.75. The van der Waals surface area contributed by atoms with E-state index < -0.39 is 0 Å². The summed E-state index contributed by atoms with van der Waals surface area (Å²) in [5, 5.41) is 2.54. The fraction of sp³-hybridized carbons (Fsp3) is 0.0526. The minimum atomic E-state index is -0.153. The van der Waals surface area contributed by atoms with E-state index in [1.54, 1.807) is 0 Å². The summed E-state index contributed by atoms with van der Waals surface area (Å²) < 4.78 is 2.38. The second-order valence-corrected chi connectivity index (χ2v) is 16.2. The second kappa shape index (κ2) is 13.9. The van der Waals surface area contributed by atoms with Crippen molar-refractivity contribution < 1.29 is 0 Å². The zero-order valence-electron chi connectivity index (χ0n) is 33.2. The predicted octanol–water partition coefficient (Wildman–Crippen LogP) is 15.6. The average molecular weight is 755 g/mol. The molecule has 2 nitrogen and oxygen atoms in total. The van der Waals surface area contributed by atoms with E-state index in [0.717, 1.165) is 17.1 Å². The van der Waals surface area contributed by atoms with Crippen LogP contribution in [-0.2, 0) is 5.41 Å². The minimum Gasteiger partial charge on any atom is -0.311 e. The van der Waals surface area contributed by atoms with Gasteiger partial charge in [0.15, 0.2) is 0 Å². The summed E-state index contributed by atoms with van der Waals surface area (Å²) in [7, 11) is 0. The van der Waals surface area contributed by atoms with Crippen LogP contribution in [0.15, 0.2) is 218 Å². The standard InChI is InChI=1S/C57H42N2/c1-57(2)53-37-43(41-24-31-48(32-25-41)58(45-16-8-4-9-17-45)47-29-22-40(23-30-47)39-14-6-3-7-15-39)26-33-49(53)50-34-27-44(38-54(50)57)42-28-35-56-52(36-42)51-20-12-13-21-55(51)59(56)46-18-10-5-11-19-46/h3-38H,1-2H3. The van der Waals surface area contributed by atoms with E-state index >= 15 is 0 Å². The molecule has 0 amide bonds. The van der Waals surface area contributed by atoms with Gasteiger partial charge in [0, 0.05) is 38.9 Å². The molecular weight excluding hydrogens is 713 g/mol. The maximum Gasteiger partial charge on any atom is 0.0541 e. The number of benzene rings is 9. The Labute approximate surface area is 345 Å². The zero-order valence-corrected chi connectivity index (χ0v) is 33.2. The molecule has 0 spiro atoms. The van der Waals surface area contributed by atoms with Gasteiger partial charge in [-0.2, -0.15) is 0 Å². The lowest BCUT2D eigenvalue weighted by molar-refractivity contribution is 0.661. The maximum absolute atomic E-state index is 2.44. The third-order valence-electron chi connectivity index (χ3n) is 12.4. The Morgan fingerprint density at radius 3 is 1.39 bits per heavy atom. The van der Waals surface area contributed by atoms with Crippen molar-refractivity contribution >= 4 is 38.9 Å². The van der Waals surface area contributed by atoms with E-state index in [1.807, 2.05) is 0 Å². The molecule has 0 aliphatic heterocycles. The minimum absolute atomic E-state index is 0.153. The number of anilines is 3. The maximum atomic E-state index is 2.44. The van der Waals surface area contributed by atoms with Crippen LogP contribution < -0.4 is 4.90 Å². The van der Waals surface area contributed by atoms with Crippen molar-refractivity contribution in [3.63, 3.8) is 0 Å². The Hall–Kier alpha value is -7.42. The Balaban J connectivity index is 0.912. The van der Waals surface area contributed by atoms with Crippen LogP contribution in [0.1, 0.15) is 25.0 Å². The summed E-state index contributed by atoms with van der Waals surface area (Å²) in [6.45, 7) is 4.76. The summed E-state index contributed by atoms with van der Waals surface area (Å²) in [4.78, 5) is 2.33. The molecule has 59 heavy (non-hydrogen) atoms. The molecule has 0 bridgehead atoms. The van der Waals surface area contributed by atoms with Crippen molar-refractivity contribution in [3.8, 4) is 50.2 Å². The highest BCUT2D eigenvalue weighted by molar-refractivity contribution is 6.10. The highest BCUT2D eigenvalue weighted by Gasteiger charge is 2.36. The molecule has 2 heteroatoms. The first kappa shape index (κ1) is 34.8. The van der Waals surface area contributed by atoms with Crippen LogP contribution in [0, 0.1) is 0 Å². The second-order valence-electron chi connectivity index (χ2n) is 16.2. The number of para-hydroxylation sites is 3. The lowest BCUT2D eigenvalue weighted by atomic mass is 9.81. The SMILES string of the molecule is CC1(C)c2cc(-c3ccc(N(c4ccccc4)c4ccc(-c5ccccc5)cc4)cc3)ccc2-c2ccc(-c3ccc4c(c3)c3ccccc3n4-c3ccccc3)cc21. The van der Waals surface area contributed by atoms with Gasteiger partial charge in [-0.1, -0.05) is 153 Å². The summed E-state index contributed by atoms with van der Waals surface area (Å²) in [5.74, 6) is 0. The van der Waals surface area contributed by atoms with Crippen molar-refractivity contribution in [2.24, 2.45) is 0 Å². The van der Waals surface area contributed by atoms with Gasteiger partial charge >= 0.3 is 0 Å². The fourth-order valence-corrected chi connectivity index (χ4v) is 9.37. The third-order valence-corrected chi connectivity index (χ3v) is 12.4. The molecule has 0 radical (unpaired) electrons. The molecule has 1 aliphatic carbocycles. The molecule has 1 heterocycles. The molecule has 1 aliphatic rings. The van der Waals surface area contributed by atoms with Crippen molar-refractivity contribution in [3.05, 3.63) is 230 Å². The number of nitrogens with zero attached hydrogens (tertiary/aromatic N) is 2. The van der Waals surface area contributed by atoms with Crippen molar-refractivity contribution in [2.45, 2.75) is 19.3 Å². The van der Waals surface area contributed by atoms with Gasteiger partial charge in [-0.15, -0.1) is 0 Å². The quantitative estimate of drug-likeness (QED) is 0.157. The first-order valence-corrected chi connectivity index (χ1v) is 20.5. The van der Waals surface area contributed by atoms with E-state index in [2.05, 4.69) is 242 Å². The van der Waals surface area contributed by atoms with Gasteiger partial charge in [-0.3, -0.25) is 0 Å². The first-order valence-electron chi connectivity index (χ1n) is 20.5. The van der Waals surface area contributed by atoms with E-state index in [9.17, 15) is 0 Å². The first-order chi connectivity index (χ1) is 29.0. The number of aromatic nitrogens is 1. The van der Waals surface area contributed by atoms with Gasteiger partial charge in [-0.05, 0) is 134 Å². The molecule has 9 aromatic carbocycles. The molecule has 0 saturated carbocycles.